The van der Waals surface area contributed by atoms with Gasteiger partial charge in [0.25, 0.3) is 0 Å². The second-order valence-corrected chi connectivity index (χ2v) is 5.70. The minimum atomic E-state index is 0.163. The Hall–Kier alpha value is -1.04. The van der Waals surface area contributed by atoms with Crippen LogP contribution < -0.4 is 5.32 Å². The number of hydrogen-bond acceptors (Lipinski definition) is 4. The topological polar surface area (TPSA) is 60.9 Å². The monoisotopic (exact) mass is 263 g/mol. The van der Waals surface area contributed by atoms with Gasteiger partial charge in [0.1, 0.15) is 0 Å². The first-order chi connectivity index (χ1) is 8.85. The largest absolute Gasteiger partial charge is 0.395 e. The van der Waals surface area contributed by atoms with Crippen LogP contribution in [0.25, 0.3) is 11.0 Å². The number of hydrogen-bond donors (Lipinski definition) is 3. The number of aromatic nitrogens is 2. The lowest BCUT2D eigenvalue weighted by Gasteiger charge is -2.14. The first-order valence-corrected chi connectivity index (χ1v) is 7.28. The predicted molar refractivity (Wildman–Crippen MR) is 73.8 cm³/mol. The van der Waals surface area contributed by atoms with Crippen LogP contribution in [0.2, 0.25) is 0 Å². The van der Waals surface area contributed by atoms with Gasteiger partial charge in [-0.25, -0.2) is 4.98 Å². The summed E-state index contributed by atoms with van der Waals surface area (Å²) in [7, 11) is 0. The minimum absolute atomic E-state index is 0.163. The molecule has 0 bridgehead atoms. The van der Waals surface area contributed by atoms with E-state index in [2.05, 4.69) is 15.3 Å². The first kappa shape index (κ1) is 12.0. The fourth-order valence-corrected chi connectivity index (χ4v) is 2.82. The molecule has 3 rings (SSSR count). The molecule has 1 heterocycles. The molecular formula is C13H17N3OS. The molecule has 1 saturated carbocycles. The van der Waals surface area contributed by atoms with E-state index in [1.54, 1.807) is 11.8 Å². The van der Waals surface area contributed by atoms with Gasteiger partial charge < -0.3 is 15.4 Å². The van der Waals surface area contributed by atoms with Crippen LogP contribution in [0, 0.1) is 0 Å². The third kappa shape index (κ3) is 2.85. The van der Waals surface area contributed by atoms with E-state index in [1.165, 1.54) is 12.8 Å². The third-order valence-corrected chi connectivity index (χ3v) is 4.09. The zero-order valence-corrected chi connectivity index (χ0v) is 10.9. The number of aliphatic hydroxyl groups is 1. The van der Waals surface area contributed by atoms with Crippen molar-refractivity contribution >= 4 is 22.8 Å². The summed E-state index contributed by atoms with van der Waals surface area (Å²) < 4.78 is 0. The van der Waals surface area contributed by atoms with Crippen molar-refractivity contribution in [3.63, 3.8) is 0 Å². The highest BCUT2D eigenvalue weighted by atomic mass is 32.2. The molecule has 1 aliphatic rings. The van der Waals surface area contributed by atoms with Crippen molar-refractivity contribution in [2.75, 3.05) is 12.4 Å². The maximum absolute atomic E-state index is 9.31. The van der Waals surface area contributed by atoms with E-state index >= 15 is 0 Å². The zero-order chi connectivity index (χ0) is 12.4. The van der Waals surface area contributed by atoms with Crippen LogP contribution in [0.15, 0.2) is 29.4 Å². The van der Waals surface area contributed by atoms with E-state index in [0.29, 0.717) is 6.04 Å². The van der Waals surface area contributed by atoms with E-state index in [-0.39, 0.29) is 12.6 Å². The second kappa shape index (κ2) is 5.30. The molecule has 1 aromatic carbocycles. The van der Waals surface area contributed by atoms with E-state index in [1.807, 2.05) is 24.3 Å². The highest BCUT2D eigenvalue weighted by Crippen LogP contribution is 2.22. The molecule has 2 aromatic rings. The number of nitrogens with zero attached hydrogens (tertiary/aromatic N) is 1. The molecule has 1 aliphatic carbocycles. The van der Waals surface area contributed by atoms with Crippen LogP contribution >= 0.6 is 11.8 Å². The van der Waals surface area contributed by atoms with Gasteiger partial charge in [-0.05, 0) is 25.0 Å². The SMILES string of the molecule is OCC(CSc1nc2ccccc2[nH]1)NC1CC1. The molecule has 0 saturated heterocycles. The number of benzene rings is 1. The average molecular weight is 263 g/mol. The van der Waals surface area contributed by atoms with Crippen molar-refractivity contribution in [2.24, 2.45) is 0 Å². The average Bonchev–Trinajstić information content (AvgIpc) is 3.11. The van der Waals surface area contributed by atoms with Crippen molar-refractivity contribution in [1.82, 2.24) is 15.3 Å². The molecule has 4 nitrogen and oxygen atoms in total. The van der Waals surface area contributed by atoms with E-state index < -0.39 is 0 Å². The molecular weight excluding hydrogens is 246 g/mol. The Morgan fingerprint density at radius 1 is 1.44 bits per heavy atom. The maximum Gasteiger partial charge on any atom is 0.166 e. The third-order valence-electron chi connectivity index (χ3n) is 3.06. The standard InChI is InChI=1S/C13H17N3OS/c17-7-10(14-9-5-6-9)8-18-13-15-11-3-1-2-4-12(11)16-13/h1-4,9-10,14,17H,5-8H2,(H,15,16). The summed E-state index contributed by atoms with van der Waals surface area (Å²) in [5.74, 6) is 0.840. The van der Waals surface area contributed by atoms with Gasteiger partial charge in [0.05, 0.1) is 17.6 Å². The summed E-state index contributed by atoms with van der Waals surface area (Å²) in [6.07, 6.45) is 2.48. The molecule has 0 spiro atoms. The predicted octanol–water partition coefficient (Wildman–Crippen LogP) is 1.77. The van der Waals surface area contributed by atoms with Gasteiger partial charge >= 0.3 is 0 Å². The van der Waals surface area contributed by atoms with Crippen molar-refractivity contribution in [1.29, 1.82) is 0 Å². The Bertz CT molecular complexity index is 491. The van der Waals surface area contributed by atoms with Gasteiger partial charge in [-0.15, -0.1) is 0 Å². The van der Waals surface area contributed by atoms with Gasteiger partial charge in [0.15, 0.2) is 5.16 Å². The van der Waals surface area contributed by atoms with Crippen molar-refractivity contribution in [2.45, 2.75) is 30.1 Å². The van der Waals surface area contributed by atoms with Crippen molar-refractivity contribution in [3.8, 4) is 0 Å². The van der Waals surface area contributed by atoms with Crippen LogP contribution in [0.1, 0.15) is 12.8 Å². The Morgan fingerprint density at radius 2 is 2.28 bits per heavy atom. The fourth-order valence-electron chi connectivity index (χ4n) is 1.91. The Morgan fingerprint density at radius 3 is 3.00 bits per heavy atom. The number of para-hydroxylation sites is 2. The molecule has 1 aromatic heterocycles. The maximum atomic E-state index is 9.31. The molecule has 0 aliphatic heterocycles. The van der Waals surface area contributed by atoms with Gasteiger partial charge in [0, 0.05) is 17.8 Å². The van der Waals surface area contributed by atoms with Crippen LogP contribution in [-0.4, -0.2) is 39.5 Å². The smallest absolute Gasteiger partial charge is 0.166 e. The zero-order valence-electron chi connectivity index (χ0n) is 10.1. The van der Waals surface area contributed by atoms with Crippen molar-refractivity contribution < 1.29 is 5.11 Å². The lowest BCUT2D eigenvalue weighted by Crippen LogP contribution is -2.36. The summed E-state index contributed by atoms with van der Waals surface area (Å²) in [6.45, 7) is 0.184. The molecule has 5 heteroatoms. The minimum Gasteiger partial charge on any atom is -0.395 e. The number of H-pyrrole nitrogens is 1. The lowest BCUT2D eigenvalue weighted by molar-refractivity contribution is 0.253. The van der Waals surface area contributed by atoms with Gasteiger partial charge in [-0.1, -0.05) is 23.9 Å². The van der Waals surface area contributed by atoms with Crippen LogP contribution in [0.3, 0.4) is 0 Å². The summed E-state index contributed by atoms with van der Waals surface area (Å²) in [5.41, 5.74) is 2.06. The summed E-state index contributed by atoms with van der Waals surface area (Å²) in [4.78, 5) is 7.80. The molecule has 0 radical (unpaired) electrons. The lowest BCUT2D eigenvalue weighted by atomic mass is 10.3. The summed E-state index contributed by atoms with van der Waals surface area (Å²) >= 11 is 1.66. The summed E-state index contributed by atoms with van der Waals surface area (Å²) in [6, 6.07) is 8.80. The first-order valence-electron chi connectivity index (χ1n) is 6.29. The Balaban J connectivity index is 1.60. The molecule has 18 heavy (non-hydrogen) atoms. The highest BCUT2D eigenvalue weighted by molar-refractivity contribution is 7.99. The van der Waals surface area contributed by atoms with E-state index in [9.17, 15) is 5.11 Å². The number of nitrogens with one attached hydrogen (secondary N) is 2. The molecule has 1 atom stereocenters. The van der Waals surface area contributed by atoms with Crippen LogP contribution in [0.5, 0.6) is 0 Å². The number of aromatic amines is 1. The highest BCUT2D eigenvalue weighted by Gasteiger charge is 2.24. The van der Waals surface area contributed by atoms with Gasteiger partial charge in [-0.3, -0.25) is 0 Å². The van der Waals surface area contributed by atoms with Crippen LogP contribution in [0.4, 0.5) is 0 Å². The number of fused-ring (bicyclic) bond motifs is 1. The molecule has 96 valence electrons. The number of aliphatic hydroxyl groups excluding tert-OH is 1. The van der Waals surface area contributed by atoms with Gasteiger partial charge in [-0.2, -0.15) is 0 Å². The molecule has 3 N–H and O–H groups in total. The van der Waals surface area contributed by atoms with Crippen LogP contribution in [-0.2, 0) is 0 Å². The Kier molecular flexibility index (Phi) is 3.54. The quantitative estimate of drug-likeness (QED) is 0.695. The number of thioether (sulfide) groups is 1. The number of rotatable bonds is 6. The molecule has 1 unspecified atom stereocenters. The molecule has 1 fully saturated rings. The Labute approximate surface area is 110 Å². The second-order valence-electron chi connectivity index (χ2n) is 4.69. The normalized spacial score (nSPS) is 17.2. The molecule has 0 amide bonds. The van der Waals surface area contributed by atoms with Gasteiger partial charge in [0.2, 0.25) is 0 Å². The number of imidazole rings is 1. The van der Waals surface area contributed by atoms with E-state index in [4.69, 9.17) is 0 Å². The van der Waals surface area contributed by atoms with Crippen molar-refractivity contribution in [3.05, 3.63) is 24.3 Å². The van der Waals surface area contributed by atoms with E-state index in [0.717, 1.165) is 21.9 Å². The fraction of sp³-hybridized carbons (Fsp3) is 0.462. The summed E-state index contributed by atoms with van der Waals surface area (Å²) in [5, 5.41) is 13.7.